The Morgan fingerprint density at radius 3 is 2.31 bits per heavy atom. The molecule has 4 heteroatoms. The zero-order valence-corrected chi connectivity index (χ0v) is 10.5. The van der Waals surface area contributed by atoms with Crippen molar-refractivity contribution >= 4 is 6.09 Å². The third kappa shape index (κ3) is 2.88. The topological polar surface area (TPSA) is 41.6 Å². The molecule has 0 spiro atoms. The summed E-state index contributed by atoms with van der Waals surface area (Å²) in [5.41, 5.74) is 2.46. The summed E-state index contributed by atoms with van der Waals surface area (Å²) in [6.07, 6.45) is 4.73. The SMILES string of the molecule is CC(C)(C)OC(=O)NN1CC2CCC1CC2. The Labute approximate surface area is 97.3 Å². The number of rotatable bonds is 1. The molecule has 0 aromatic carbocycles. The van der Waals surface area contributed by atoms with Gasteiger partial charge in [-0.05, 0) is 52.4 Å². The van der Waals surface area contributed by atoms with Crippen molar-refractivity contribution in [2.24, 2.45) is 5.92 Å². The largest absolute Gasteiger partial charge is 0.443 e. The van der Waals surface area contributed by atoms with Crippen LogP contribution < -0.4 is 5.43 Å². The highest BCUT2D eigenvalue weighted by molar-refractivity contribution is 5.67. The number of nitrogens with zero attached hydrogens (tertiary/aromatic N) is 1. The lowest BCUT2D eigenvalue weighted by Gasteiger charge is -2.44. The van der Waals surface area contributed by atoms with E-state index in [0.717, 1.165) is 12.5 Å². The molecule has 2 aliphatic heterocycles. The predicted octanol–water partition coefficient (Wildman–Crippen LogP) is 2.30. The van der Waals surface area contributed by atoms with Crippen LogP contribution in [0.2, 0.25) is 0 Å². The van der Waals surface area contributed by atoms with Crippen molar-refractivity contribution in [1.82, 2.24) is 10.4 Å². The summed E-state index contributed by atoms with van der Waals surface area (Å²) in [4.78, 5) is 11.6. The van der Waals surface area contributed by atoms with Crippen molar-refractivity contribution in [2.45, 2.75) is 58.1 Å². The molecule has 3 fully saturated rings. The highest BCUT2D eigenvalue weighted by Crippen LogP contribution is 2.33. The van der Waals surface area contributed by atoms with Gasteiger partial charge in [0.25, 0.3) is 0 Å². The molecule has 4 nitrogen and oxygen atoms in total. The highest BCUT2D eigenvalue weighted by atomic mass is 16.6. The van der Waals surface area contributed by atoms with Crippen LogP contribution in [0, 0.1) is 5.92 Å². The smallest absolute Gasteiger partial charge is 0.422 e. The van der Waals surface area contributed by atoms with Crippen molar-refractivity contribution in [3.63, 3.8) is 0 Å². The first-order valence-corrected chi connectivity index (χ1v) is 6.20. The number of hydrazine groups is 1. The Morgan fingerprint density at radius 1 is 1.25 bits per heavy atom. The summed E-state index contributed by atoms with van der Waals surface area (Å²) >= 11 is 0. The molecule has 2 bridgehead atoms. The molecule has 3 aliphatic rings. The molecule has 1 N–H and O–H groups in total. The number of carbonyl (C=O) groups is 1. The van der Waals surface area contributed by atoms with Crippen LogP contribution >= 0.6 is 0 Å². The van der Waals surface area contributed by atoms with Crippen molar-refractivity contribution in [3.8, 4) is 0 Å². The molecule has 16 heavy (non-hydrogen) atoms. The number of fused-ring (bicyclic) bond motifs is 3. The number of ether oxygens (including phenoxy) is 1. The molecular weight excluding hydrogens is 204 g/mol. The summed E-state index contributed by atoms with van der Waals surface area (Å²) in [5, 5.41) is 2.08. The minimum absolute atomic E-state index is 0.319. The minimum atomic E-state index is -0.418. The van der Waals surface area contributed by atoms with E-state index in [1.54, 1.807) is 0 Å². The average molecular weight is 226 g/mol. The monoisotopic (exact) mass is 226 g/mol. The quantitative estimate of drug-likeness (QED) is 0.746. The molecule has 1 amide bonds. The van der Waals surface area contributed by atoms with Crippen LogP contribution in [0.1, 0.15) is 46.5 Å². The lowest BCUT2D eigenvalue weighted by molar-refractivity contribution is -0.0147. The van der Waals surface area contributed by atoms with Gasteiger partial charge in [-0.3, -0.25) is 5.43 Å². The van der Waals surface area contributed by atoms with Crippen LogP contribution in [-0.2, 0) is 4.74 Å². The Bertz CT molecular complexity index is 265. The highest BCUT2D eigenvalue weighted by Gasteiger charge is 2.35. The Morgan fingerprint density at radius 2 is 1.88 bits per heavy atom. The van der Waals surface area contributed by atoms with E-state index in [4.69, 9.17) is 4.74 Å². The Balaban J connectivity index is 1.83. The molecule has 0 aromatic heterocycles. The molecule has 1 saturated carbocycles. The summed E-state index contributed by atoms with van der Waals surface area (Å²) in [7, 11) is 0. The van der Waals surface area contributed by atoms with Gasteiger partial charge in [-0.1, -0.05) is 0 Å². The minimum Gasteiger partial charge on any atom is -0.443 e. The van der Waals surface area contributed by atoms with Crippen molar-refractivity contribution in [1.29, 1.82) is 0 Å². The first kappa shape index (κ1) is 11.7. The van der Waals surface area contributed by atoms with Gasteiger partial charge in [-0.25, -0.2) is 9.80 Å². The first-order valence-electron chi connectivity index (χ1n) is 6.20. The molecule has 0 atom stereocenters. The molecule has 2 heterocycles. The maximum atomic E-state index is 11.6. The zero-order chi connectivity index (χ0) is 11.8. The van der Waals surface area contributed by atoms with Gasteiger partial charge >= 0.3 is 6.09 Å². The van der Waals surface area contributed by atoms with Gasteiger partial charge in [-0.2, -0.15) is 0 Å². The van der Waals surface area contributed by atoms with E-state index in [1.165, 1.54) is 25.7 Å². The van der Waals surface area contributed by atoms with Crippen molar-refractivity contribution < 1.29 is 9.53 Å². The van der Waals surface area contributed by atoms with Gasteiger partial charge in [-0.15, -0.1) is 0 Å². The number of hydrogen-bond acceptors (Lipinski definition) is 3. The second-order valence-corrected chi connectivity index (χ2v) is 5.94. The summed E-state index contributed by atoms with van der Waals surface area (Å²) in [6.45, 7) is 6.64. The second-order valence-electron chi connectivity index (χ2n) is 5.94. The van der Waals surface area contributed by atoms with E-state index in [1.807, 2.05) is 20.8 Å². The van der Waals surface area contributed by atoms with E-state index in [-0.39, 0.29) is 6.09 Å². The third-order valence-electron chi connectivity index (χ3n) is 3.35. The molecule has 0 aromatic rings. The van der Waals surface area contributed by atoms with Gasteiger partial charge in [0.2, 0.25) is 0 Å². The van der Waals surface area contributed by atoms with Crippen LogP contribution in [0.4, 0.5) is 4.79 Å². The molecule has 0 radical (unpaired) electrons. The summed E-state index contributed by atoms with van der Waals surface area (Å²) in [5.74, 6) is 0.764. The van der Waals surface area contributed by atoms with E-state index < -0.39 is 5.60 Å². The number of nitrogens with one attached hydrogen (secondary N) is 1. The van der Waals surface area contributed by atoms with E-state index in [9.17, 15) is 4.79 Å². The molecule has 2 saturated heterocycles. The van der Waals surface area contributed by atoms with Gasteiger partial charge < -0.3 is 4.74 Å². The molecule has 1 aliphatic carbocycles. The lowest BCUT2D eigenvalue weighted by Crippen LogP contribution is -2.56. The van der Waals surface area contributed by atoms with Crippen molar-refractivity contribution in [2.75, 3.05) is 6.54 Å². The average Bonchev–Trinajstić information content (AvgIpc) is 2.16. The van der Waals surface area contributed by atoms with E-state index in [0.29, 0.717) is 6.04 Å². The third-order valence-corrected chi connectivity index (χ3v) is 3.35. The van der Waals surface area contributed by atoms with E-state index in [2.05, 4.69) is 10.4 Å². The lowest BCUT2D eigenvalue weighted by atomic mass is 9.81. The van der Waals surface area contributed by atoms with Gasteiger partial charge in [0.15, 0.2) is 0 Å². The number of amides is 1. The molecule has 3 rings (SSSR count). The maximum absolute atomic E-state index is 11.6. The van der Waals surface area contributed by atoms with Gasteiger partial charge in [0.05, 0.1) is 0 Å². The molecule has 0 unspecified atom stereocenters. The summed E-state index contributed by atoms with van der Waals surface area (Å²) < 4.78 is 5.26. The maximum Gasteiger partial charge on any atom is 0.422 e. The zero-order valence-electron chi connectivity index (χ0n) is 10.5. The number of carbonyl (C=O) groups excluding carboxylic acids is 1. The van der Waals surface area contributed by atoms with Crippen molar-refractivity contribution in [3.05, 3.63) is 0 Å². The first-order chi connectivity index (χ1) is 7.44. The standard InChI is InChI=1S/C12H22N2O2/c1-12(2,3)16-11(15)13-14-8-9-4-6-10(14)7-5-9/h9-10H,4-8H2,1-3H3,(H,13,15). The molecular formula is C12H22N2O2. The van der Waals surface area contributed by atoms with Crippen LogP contribution in [0.5, 0.6) is 0 Å². The fourth-order valence-corrected chi connectivity index (χ4v) is 2.62. The predicted molar refractivity (Wildman–Crippen MR) is 61.8 cm³/mol. The Hall–Kier alpha value is -0.770. The molecule has 92 valence electrons. The van der Waals surface area contributed by atoms with Crippen LogP contribution in [-0.4, -0.2) is 29.3 Å². The van der Waals surface area contributed by atoms with Gasteiger partial charge in [0.1, 0.15) is 5.60 Å². The van der Waals surface area contributed by atoms with Crippen LogP contribution in [0.25, 0.3) is 0 Å². The Kier molecular flexibility index (Phi) is 3.10. The number of piperidine rings is 2. The summed E-state index contributed by atoms with van der Waals surface area (Å²) in [6, 6.07) is 0.525. The van der Waals surface area contributed by atoms with E-state index >= 15 is 0 Å². The van der Waals surface area contributed by atoms with Crippen LogP contribution in [0.15, 0.2) is 0 Å². The normalized spacial score (nSPS) is 30.2. The fraction of sp³-hybridized carbons (Fsp3) is 0.917. The fourth-order valence-electron chi connectivity index (χ4n) is 2.62. The van der Waals surface area contributed by atoms with Crippen LogP contribution in [0.3, 0.4) is 0 Å². The number of hydrogen-bond donors (Lipinski definition) is 1. The second kappa shape index (κ2) is 4.24. The van der Waals surface area contributed by atoms with Gasteiger partial charge in [0, 0.05) is 12.6 Å².